The van der Waals surface area contributed by atoms with Crippen LogP contribution in [0.1, 0.15) is 16.7 Å². The van der Waals surface area contributed by atoms with Crippen molar-refractivity contribution in [1.82, 2.24) is 0 Å². The van der Waals surface area contributed by atoms with Gasteiger partial charge in [-0.3, -0.25) is 0 Å². The summed E-state index contributed by atoms with van der Waals surface area (Å²) in [6.07, 6.45) is 4.05. The van der Waals surface area contributed by atoms with Crippen LogP contribution in [0.15, 0.2) is 30.4 Å². The molecule has 0 heterocycles. The molecule has 0 N–H and O–H groups in total. The highest BCUT2D eigenvalue weighted by molar-refractivity contribution is 5.81. The van der Waals surface area contributed by atoms with E-state index < -0.39 is 0 Å². The van der Waals surface area contributed by atoms with Gasteiger partial charge >= 0.3 is 5.97 Å². The average molecular weight is 204 g/mol. The van der Waals surface area contributed by atoms with Gasteiger partial charge in [-0.1, -0.05) is 29.8 Å². The zero-order valence-electron chi connectivity index (χ0n) is 9.41. The Morgan fingerprint density at radius 1 is 1.40 bits per heavy atom. The van der Waals surface area contributed by atoms with Crippen LogP contribution in [0, 0.1) is 13.8 Å². The lowest BCUT2D eigenvalue weighted by Gasteiger charge is -2.03. The first-order valence-corrected chi connectivity index (χ1v) is 4.94. The number of carbonyl (C=O) groups excluding carboxylic acids is 1. The van der Waals surface area contributed by atoms with Crippen molar-refractivity contribution in [3.63, 3.8) is 0 Å². The molecule has 0 fully saturated rings. The highest BCUT2D eigenvalue weighted by Gasteiger charge is 1.97. The number of benzene rings is 1. The fourth-order valence-electron chi connectivity index (χ4n) is 1.37. The van der Waals surface area contributed by atoms with Crippen molar-refractivity contribution in [2.75, 3.05) is 7.11 Å². The standard InChI is InChI=1S/C13H16O2/c1-10-7-8-11(2)12(9-10)5-4-6-13(14)15-3/h4,6-9H,5H2,1-3H3/b6-4+. The molecule has 2 nitrogen and oxygen atoms in total. The van der Waals surface area contributed by atoms with Gasteiger partial charge in [0.2, 0.25) is 0 Å². The molecule has 15 heavy (non-hydrogen) atoms. The fraction of sp³-hybridized carbons (Fsp3) is 0.308. The zero-order valence-corrected chi connectivity index (χ0v) is 9.41. The minimum atomic E-state index is -0.305. The van der Waals surface area contributed by atoms with Crippen molar-refractivity contribution >= 4 is 5.97 Å². The van der Waals surface area contributed by atoms with Gasteiger partial charge in [0.15, 0.2) is 0 Å². The number of hydrogen-bond acceptors (Lipinski definition) is 2. The number of rotatable bonds is 3. The lowest BCUT2D eigenvalue weighted by Crippen LogP contribution is -1.95. The normalized spacial score (nSPS) is 10.6. The summed E-state index contributed by atoms with van der Waals surface area (Å²) in [4.78, 5) is 10.8. The van der Waals surface area contributed by atoms with Crippen molar-refractivity contribution in [3.8, 4) is 0 Å². The molecular weight excluding hydrogens is 188 g/mol. The molecule has 1 aromatic rings. The van der Waals surface area contributed by atoms with Gasteiger partial charge in [-0.2, -0.15) is 0 Å². The third-order valence-electron chi connectivity index (χ3n) is 2.30. The second-order valence-corrected chi connectivity index (χ2v) is 3.56. The van der Waals surface area contributed by atoms with Crippen LogP contribution in [0.25, 0.3) is 0 Å². The van der Waals surface area contributed by atoms with E-state index in [0.717, 1.165) is 6.42 Å². The van der Waals surface area contributed by atoms with Crippen LogP contribution in [-0.2, 0) is 16.0 Å². The van der Waals surface area contributed by atoms with Crippen LogP contribution in [0.2, 0.25) is 0 Å². The summed E-state index contributed by atoms with van der Waals surface area (Å²) in [5.41, 5.74) is 3.73. The Bertz CT molecular complexity index is 378. The molecule has 80 valence electrons. The quantitative estimate of drug-likeness (QED) is 0.558. The van der Waals surface area contributed by atoms with Gasteiger partial charge in [0.1, 0.15) is 0 Å². The SMILES string of the molecule is COC(=O)/C=C/Cc1cc(C)ccc1C. The van der Waals surface area contributed by atoms with Gasteiger partial charge in [0.05, 0.1) is 7.11 Å². The number of allylic oxidation sites excluding steroid dienone is 1. The van der Waals surface area contributed by atoms with Gasteiger partial charge in [-0.25, -0.2) is 4.79 Å². The number of esters is 1. The number of methoxy groups -OCH3 is 1. The molecule has 1 aromatic carbocycles. The predicted molar refractivity (Wildman–Crippen MR) is 60.8 cm³/mol. The van der Waals surface area contributed by atoms with Crippen LogP contribution < -0.4 is 0 Å². The molecule has 1 rings (SSSR count). The van der Waals surface area contributed by atoms with Gasteiger partial charge < -0.3 is 4.74 Å². The highest BCUT2D eigenvalue weighted by atomic mass is 16.5. The molecule has 0 spiro atoms. The monoisotopic (exact) mass is 204 g/mol. The minimum Gasteiger partial charge on any atom is -0.466 e. The van der Waals surface area contributed by atoms with Crippen molar-refractivity contribution in [2.24, 2.45) is 0 Å². The van der Waals surface area contributed by atoms with Crippen LogP contribution in [-0.4, -0.2) is 13.1 Å². The molecule has 0 bridgehead atoms. The number of hydrogen-bond donors (Lipinski definition) is 0. The van der Waals surface area contributed by atoms with Gasteiger partial charge in [0, 0.05) is 6.08 Å². The Hall–Kier alpha value is -1.57. The zero-order chi connectivity index (χ0) is 11.3. The summed E-state index contributed by atoms with van der Waals surface area (Å²) in [7, 11) is 1.38. The summed E-state index contributed by atoms with van der Waals surface area (Å²) in [5, 5.41) is 0. The summed E-state index contributed by atoms with van der Waals surface area (Å²) >= 11 is 0. The van der Waals surface area contributed by atoms with E-state index in [9.17, 15) is 4.79 Å². The summed E-state index contributed by atoms with van der Waals surface area (Å²) in [6, 6.07) is 6.32. The second-order valence-electron chi connectivity index (χ2n) is 3.56. The first kappa shape index (κ1) is 11.5. The molecule has 0 aliphatic heterocycles. The Morgan fingerprint density at radius 3 is 2.80 bits per heavy atom. The van der Waals surface area contributed by atoms with E-state index in [4.69, 9.17) is 0 Å². The van der Waals surface area contributed by atoms with E-state index in [1.165, 1.54) is 29.9 Å². The Kier molecular flexibility index (Phi) is 4.10. The number of aryl methyl sites for hydroxylation is 2. The van der Waals surface area contributed by atoms with E-state index in [1.807, 2.05) is 6.08 Å². The van der Waals surface area contributed by atoms with Crippen molar-refractivity contribution < 1.29 is 9.53 Å². The van der Waals surface area contributed by atoms with Gasteiger partial charge in [-0.15, -0.1) is 0 Å². The van der Waals surface area contributed by atoms with E-state index >= 15 is 0 Å². The molecular formula is C13H16O2. The third kappa shape index (κ3) is 3.58. The van der Waals surface area contributed by atoms with Crippen molar-refractivity contribution in [2.45, 2.75) is 20.3 Å². The van der Waals surface area contributed by atoms with Gasteiger partial charge in [0.25, 0.3) is 0 Å². The molecule has 2 heteroatoms. The van der Waals surface area contributed by atoms with Crippen LogP contribution in [0.3, 0.4) is 0 Å². The minimum absolute atomic E-state index is 0.305. The molecule has 0 atom stereocenters. The Balaban J connectivity index is 2.68. The predicted octanol–water partition coefficient (Wildman–Crippen LogP) is 2.58. The lowest BCUT2D eigenvalue weighted by molar-refractivity contribution is -0.134. The highest BCUT2D eigenvalue weighted by Crippen LogP contribution is 2.11. The molecule has 0 saturated heterocycles. The Morgan fingerprint density at radius 2 is 2.13 bits per heavy atom. The van der Waals surface area contributed by atoms with Crippen LogP contribution in [0.4, 0.5) is 0 Å². The Labute approximate surface area is 90.6 Å². The smallest absolute Gasteiger partial charge is 0.330 e. The molecule has 0 aromatic heterocycles. The first-order valence-electron chi connectivity index (χ1n) is 4.94. The van der Waals surface area contributed by atoms with Crippen LogP contribution >= 0.6 is 0 Å². The maximum Gasteiger partial charge on any atom is 0.330 e. The summed E-state index contributed by atoms with van der Waals surface area (Å²) in [6.45, 7) is 4.13. The average Bonchev–Trinajstić information content (AvgIpc) is 2.23. The first-order chi connectivity index (χ1) is 7.13. The van der Waals surface area contributed by atoms with E-state index in [1.54, 1.807) is 0 Å². The summed E-state index contributed by atoms with van der Waals surface area (Å²) in [5.74, 6) is -0.305. The van der Waals surface area contributed by atoms with E-state index in [2.05, 4.69) is 36.8 Å². The molecule has 0 aliphatic rings. The van der Waals surface area contributed by atoms with Gasteiger partial charge in [-0.05, 0) is 31.4 Å². The van der Waals surface area contributed by atoms with Crippen molar-refractivity contribution in [3.05, 3.63) is 47.0 Å². The molecule has 0 unspecified atom stereocenters. The lowest BCUT2D eigenvalue weighted by atomic mass is 10.0. The van der Waals surface area contributed by atoms with Crippen molar-refractivity contribution in [1.29, 1.82) is 0 Å². The van der Waals surface area contributed by atoms with E-state index in [0.29, 0.717) is 0 Å². The topological polar surface area (TPSA) is 26.3 Å². The fourth-order valence-corrected chi connectivity index (χ4v) is 1.37. The molecule has 0 radical (unpaired) electrons. The summed E-state index contributed by atoms with van der Waals surface area (Å²) < 4.78 is 4.52. The third-order valence-corrected chi connectivity index (χ3v) is 2.30. The second kappa shape index (κ2) is 5.35. The van der Waals surface area contributed by atoms with E-state index in [-0.39, 0.29) is 5.97 Å². The molecule has 0 amide bonds. The number of carbonyl (C=O) groups is 1. The maximum absolute atomic E-state index is 10.8. The largest absolute Gasteiger partial charge is 0.466 e. The molecule has 0 aliphatic carbocycles. The maximum atomic E-state index is 10.8. The van der Waals surface area contributed by atoms with Crippen LogP contribution in [0.5, 0.6) is 0 Å². The number of ether oxygens (including phenoxy) is 1. The molecule has 0 saturated carbocycles.